The second-order valence-corrected chi connectivity index (χ2v) is 14.5. The standard InChI is InChI=1S/C21H26N6O2.C19H25BN4O4/c1-26-14-17(18-4-2-3-5-19(18)26)11-22-10-15-6-8-27(9-7-15)21-23-12-16(13-24-21)20(28)25-29;1-13(2)10-17(20(27)28)24-18(25)15(11-14-6-4-3-5-7-14)23-19(26)16-12-21-8-9-22-16/h2-5,12-15,22,29H,6-11H2,1H3,(H,25,28);3-9,12-13,15,17,27-28H,10-11H2,1-2H3,(H,23,26)(H,24,25)/t;15-,17-/m.0/s1. The van der Waals surface area contributed by atoms with Crippen LogP contribution in [0.15, 0.2) is 91.8 Å². The Kier molecular flexibility index (Phi) is 15.6. The molecule has 1 aliphatic heterocycles. The van der Waals surface area contributed by atoms with Gasteiger partial charge in [0.05, 0.1) is 17.7 Å². The van der Waals surface area contributed by atoms with E-state index in [0.29, 0.717) is 18.3 Å². The van der Waals surface area contributed by atoms with Crippen molar-refractivity contribution in [3.8, 4) is 0 Å². The first-order valence-electron chi connectivity index (χ1n) is 19.0. The summed E-state index contributed by atoms with van der Waals surface area (Å²) in [5, 5.41) is 38.0. The number of hydroxylamine groups is 1. The maximum atomic E-state index is 12.8. The average Bonchev–Trinajstić information content (AvgIpc) is 3.55. The number of benzene rings is 2. The molecule has 1 aliphatic rings. The van der Waals surface area contributed by atoms with E-state index in [9.17, 15) is 24.4 Å². The van der Waals surface area contributed by atoms with Crippen molar-refractivity contribution in [1.82, 2.24) is 45.9 Å². The van der Waals surface area contributed by atoms with Gasteiger partial charge in [-0.3, -0.25) is 24.6 Å². The Morgan fingerprint density at radius 2 is 1.60 bits per heavy atom. The van der Waals surface area contributed by atoms with E-state index in [2.05, 4.69) is 82.9 Å². The molecule has 2 atom stereocenters. The Morgan fingerprint density at radius 3 is 2.25 bits per heavy atom. The second kappa shape index (κ2) is 21.0. The third-order valence-corrected chi connectivity index (χ3v) is 9.74. The third kappa shape index (κ3) is 12.4. The molecule has 2 aromatic carbocycles. The lowest BCUT2D eigenvalue weighted by molar-refractivity contribution is -0.123. The summed E-state index contributed by atoms with van der Waals surface area (Å²) < 4.78 is 2.18. The normalized spacial score (nSPS) is 14.0. The minimum absolute atomic E-state index is 0.0919. The van der Waals surface area contributed by atoms with Crippen molar-refractivity contribution in [3.63, 3.8) is 0 Å². The fraction of sp³-hybridized carbons (Fsp3) is 0.375. The number of aromatic nitrogens is 5. The summed E-state index contributed by atoms with van der Waals surface area (Å²) >= 11 is 0. The molecule has 3 aromatic heterocycles. The summed E-state index contributed by atoms with van der Waals surface area (Å²) in [6, 6.07) is 16.8. The summed E-state index contributed by atoms with van der Waals surface area (Å²) in [5.74, 6) is -1.07. The van der Waals surface area contributed by atoms with Gasteiger partial charge in [0.25, 0.3) is 11.8 Å². The van der Waals surface area contributed by atoms with Gasteiger partial charge < -0.3 is 35.5 Å². The summed E-state index contributed by atoms with van der Waals surface area (Å²) in [6.45, 7) is 7.49. The van der Waals surface area contributed by atoms with E-state index in [4.69, 9.17) is 5.21 Å². The van der Waals surface area contributed by atoms with Crippen LogP contribution in [-0.2, 0) is 24.8 Å². The lowest BCUT2D eigenvalue weighted by Gasteiger charge is -2.32. The number of rotatable bonds is 15. The first kappa shape index (κ1) is 42.4. The average molecular weight is 779 g/mol. The molecule has 7 N–H and O–H groups in total. The van der Waals surface area contributed by atoms with Gasteiger partial charge in [0.1, 0.15) is 11.7 Å². The molecule has 57 heavy (non-hydrogen) atoms. The first-order chi connectivity index (χ1) is 27.5. The number of anilines is 1. The van der Waals surface area contributed by atoms with E-state index in [-0.39, 0.29) is 23.6 Å². The van der Waals surface area contributed by atoms with E-state index in [1.54, 1.807) is 5.48 Å². The lowest BCUT2D eigenvalue weighted by Crippen LogP contribution is -2.55. The van der Waals surface area contributed by atoms with Crippen LogP contribution in [0.4, 0.5) is 5.95 Å². The van der Waals surface area contributed by atoms with Crippen molar-refractivity contribution in [1.29, 1.82) is 0 Å². The topological polar surface area (TPSA) is 220 Å². The van der Waals surface area contributed by atoms with Crippen LogP contribution >= 0.6 is 0 Å². The fourth-order valence-electron chi connectivity index (χ4n) is 6.73. The molecule has 1 fully saturated rings. The lowest BCUT2D eigenvalue weighted by atomic mass is 9.75. The predicted molar refractivity (Wildman–Crippen MR) is 216 cm³/mol. The van der Waals surface area contributed by atoms with Gasteiger partial charge in [-0.25, -0.2) is 20.4 Å². The van der Waals surface area contributed by atoms with Gasteiger partial charge in [-0.1, -0.05) is 62.4 Å². The molecule has 4 heterocycles. The van der Waals surface area contributed by atoms with Crippen LogP contribution in [0.2, 0.25) is 0 Å². The summed E-state index contributed by atoms with van der Waals surface area (Å²) in [7, 11) is 0.395. The van der Waals surface area contributed by atoms with Crippen molar-refractivity contribution in [2.45, 2.75) is 58.1 Å². The molecule has 0 radical (unpaired) electrons. The summed E-state index contributed by atoms with van der Waals surface area (Å²) in [6.07, 6.45) is 12.0. The van der Waals surface area contributed by atoms with Gasteiger partial charge in [0.15, 0.2) is 0 Å². The van der Waals surface area contributed by atoms with E-state index in [1.165, 1.54) is 47.5 Å². The molecule has 0 aliphatic carbocycles. The zero-order chi connectivity index (χ0) is 40.7. The maximum absolute atomic E-state index is 12.8. The van der Waals surface area contributed by atoms with Gasteiger partial charge in [-0.05, 0) is 54.8 Å². The number of nitrogens with one attached hydrogen (secondary N) is 4. The third-order valence-electron chi connectivity index (χ3n) is 9.74. The molecule has 16 nitrogen and oxygen atoms in total. The molecule has 17 heteroatoms. The van der Waals surface area contributed by atoms with Crippen molar-refractivity contribution in [3.05, 3.63) is 114 Å². The molecule has 1 saturated heterocycles. The summed E-state index contributed by atoms with van der Waals surface area (Å²) in [5.41, 5.74) is 5.37. The van der Waals surface area contributed by atoms with Crippen LogP contribution in [0.25, 0.3) is 10.9 Å². The SMILES string of the molecule is CC(C)C[C@H](NC(=O)[C@H](Cc1ccccc1)NC(=O)c1cnccn1)B(O)O.Cn1cc(CNCC2CCN(c3ncc(C(=O)NO)cn3)CC2)c2ccccc21. The van der Waals surface area contributed by atoms with E-state index < -0.39 is 36.8 Å². The molecule has 0 spiro atoms. The fourth-order valence-corrected chi connectivity index (χ4v) is 6.73. The smallest absolute Gasteiger partial charge is 0.426 e. The molecular formula is C40H51BN10O6. The Bertz CT molecular complexity index is 2030. The molecule has 0 bridgehead atoms. The number of aryl methyl sites for hydroxylation is 1. The van der Waals surface area contributed by atoms with Gasteiger partial charge in [0.2, 0.25) is 11.9 Å². The number of carbonyl (C=O) groups is 3. The van der Waals surface area contributed by atoms with Crippen molar-refractivity contribution in [2.24, 2.45) is 18.9 Å². The largest absolute Gasteiger partial charge is 0.475 e. The number of piperidine rings is 1. The van der Waals surface area contributed by atoms with E-state index in [1.807, 2.05) is 44.2 Å². The number of hydrogen-bond acceptors (Lipinski definition) is 12. The summed E-state index contributed by atoms with van der Waals surface area (Å²) in [4.78, 5) is 55.1. The Morgan fingerprint density at radius 1 is 0.895 bits per heavy atom. The molecule has 6 rings (SSSR count). The van der Waals surface area contributed by atoms with Crippen LogP contribution in [0.5, 0.6) is 0 Å². The van der Waals surface area contributed by atoms with Crippen LogP contribution < -0.4 is 26.3 Å². The molecule has 5 aromatic rings. The van der Waals surface area contributed by atoms with Crippen LogP contribution in [-0.4, -0.2) is 96.2 Å². The number of carbonyl (C=O) groups excluding carboxylic acids is 3. The Hall–Kier alpha value is -5.75. The van der Waals surface area contributed by atoms with Crippen molar-refractivity contribution >= 4 is 41.7 Å². The van der Waals surface area contributed by atoms with Gasteiger partial charge in [-0.2, -0.15) is 0 Å². The van der Waals surface area contributed by atoms with Crippen LogP contribution in [0, 0.1) is 11.8 Å². The van der Waals surface area contributed by atoms with Crippen LogP contribution in [0.1, 0.15) is 65.1 Å². The number of amides is 3. The highest BCUT2D eigenvalue weighted by Gasteiger charge is 2.30. The maximum Gasteiger partial charge on any atom is 0.475 e. The molecule has 3 amide bonds. The Labute approximate surface area is 332 Å². The number of hydrogen-bond donors (Lipinski definition) is 7. The zero-order valence-electron chi connectivity index (χ0n) is 32.5. The number of para-hydroxylation sites is 1. The van der Waals surface area contributed by atoms with E-state index in [0.717, 1.165) is 44.6 Å². The highest BCUT2D eigenvalue weighted by atomic mass is 16.5. The monoisotopic (exact) mass is 778 g/mol. The number of nitrogens with zero attached hydrogens (tertiary/aromatic N) is 6. The molecule has 300 valence electrons. The quantitative estimate of drug-likeness (QED) is 0.0463. The predicted octanol–water partition coefficient (Wildman–Crippen LogP) is 2.45. The first-order valence-corrected chi connectivity index (χ1v) is 19.0. The van der Waals surface area contributed by atoms with Crippen molar-refractivity contribution in [2.75, 3.05) is 24.5 Å². The van der Waals surface area contributed by atoms with Gasteiger partial charge in [-0.15, -0.1) is 0 Å². The zero-order valence-corrected chi connectivity index (χ0v) is 32.5. The number of fused-ring (bicyclic) bond motifs is 1. The molecule has 0 unspecified atom stereocenters. The molecule has 0 saturated carbocycles. The van der Waals surface area contributed by atoms with Crippen LogP contribution in [0.3, 0.4) is 0 Å². The van der Waals surface area contributed by atoms with Gasteiger partial charge >= 0.3 is 7.12 Å². The highest BCUT2D eigenvalue weighted by Crippen LogP contribution is 2.22. The highest BCUT2D eigenvalue weighted by molar-refractivity contribution is 6.43. The van der Waals surface area contributed by atoms with E-state index >= 15 is 0 Å². The van der Waals surface area contributed by atoms with Gasteiger partial charge in [0, 0.05) is 75.0 Å². The molecular weight excluding hydrogens is 727 g/mol. The second-order valence-electron chi connectivity index (χ2n) is 14.5. The minimum atomic E-state index is -1.69. The minimum Gasteiger partial charge on any atom is -0.426 e. The van der Waals surface area contributed by atoms with Crippen molar-refractivity contribution < 1.29 is 29.6 Å². The Balaban J connectivity index is 0.000000218.